The van der Waals surface area contributed by atoms with Crippen LogP contribution in [0.5, 0.6) is 5.75 Å². The van der Waals surface area contributed by atoms with E-state index in [1.807, 2.05) is 0 Å². The van der Waals surface area contributed by atoms with Crippen molar-refractivity contribution in [2.24, 2.45) is 0 Å². The molecule has 0 aromatic heterocycles. The van der Waals surface area contributed by atoms with Gasteiger partial charge in [-0.05, 0) is 26.0 Å². The van der Waals surface area contributed by atoms with Crippen LogP contribution in [0.15, 0.2) is 18.2 Å². The van der Waals surface area contributed by atoms with Crippen molar-refractivity contribution in [1.82, 2.24) is 0 Å². The molecule has 1 rings (SSSR count). The molecule has 2 N–H and O–H groups in total. The van der Waals surface area contributed by atoms with Crippen molar-refractivity contribution in [3.63, 3.8) is 0 Å². The fraction of sp³-hybridized carbons (Fsp3) is 0.333. The van der Waals surface area contributed by atoms with E-state index in [9.17, 15) is 9.59 Å². The van der Waals surface area contributed by atoms with Crippen LogP contribution in [0.25, 0.3) is 0 Å². The van der Waals surface area contributed by atoms with Gasteiger partial charge in [0.25, 0.3) is 0 Å². The van der Waals surface area contributed by atoms with Crippen molar-refractivity contribution >= 4 is 17.6 Å². The third-order valence-corrected chi connectivity index (χ3v) is 1.91. The molecule has 1 amide bonds. The van der Waals surface area contributed by atoms with Crippen LogP contribution in [0.3, 0.4) is 0 Å². The summed E-state index contributed by atoms with van der Waals surface area (Å²) in [4.78, 5) is 22.1. The van der Waals surface area contributed by atoms with Crippen LogP contribution in [0, 0.1) is 0 Å². The third kappa shape index (κ3) is 3.48. The minimum atomic E-state index is -1.09. The zero-order valence-corrected chi connectivity index (χ0v) is 9.98. The van der Waals surface area contributed by atoms with Gasteiger partial charge in [-0.25, -0.2) is 4.79 Å². The second-order valence-electron chi connectivity index (χ2n) is 3.84. The maximum atomic E-state index is 11.0. The number of carboxylic acids is 1. The summed E-state index contributed by atoms with van der Waals surface area (Å²) in [7, 11) is 0. The molecule has 0 aliphatic carbocycles. The monoisotopic (exact) mass is 237 g/mol. The molecule has 1 aromatic carbocycles. The highest BCUT2D eigenvalue weighted by Gasteiger charge is 2.17. The first-order chi connectivity index (χ1) is 7.91. The Kier molecular flexibility index (Phi) is 4.09. The lowest BCUT2D eigenvalue weighted by Gasteiger charge is -2.16. The summed E-state index contributed by atoms with van der Waals surface area (Å²) >= 11 is 0. The van der Waals surface area contributed by atoms with E-state index in [1.165, 1.54) is 13.0 Å². The Morgan fingerprint density at radius 3 is 2.47 bits per heavy atom. The molecule has 0 fully saturated rings. The van der Waals surface area contributed by atoms with E-state index in [4.69, 9.17) is 9.84 Å². The summed E-state index contributed by atoms with van der Waals surface area (Å²) in [5, 5.41) is 11.6. The number of para-hydroxylation sites is 1. The number of carbonyl (C=O) groups is 2. The van der Waals surface area contributed by atoms with Gasteiger partial charge in [0.15, 0.2) is 5.75 Å². The Hall–Kier alpha value is -2.04. The van der Waals surface area contributed by atoms with Gasteiger partial charge in [0, 0.05) is 6.92 Å². The normalized spacial score (nSPS) is 10.1. The number of anilines is 1. The van der Waals surface area contributed by atoms with Crippen LogP contribution in [0.2, 0.25) is 0 Å². The minimum Gasteiger partial charge on any atom is -0.488 e. The number of benzene rings is 1. The molecule has 5 nitrogen and oxygen atoms in total. The van der Waals surface area contributed by atoms with Gasteiger partial charge in [-0.1, -0.05) is 6.07 Å². The number of ether oxygens (including phenoxy) is 1. The number of carbonyl (C=O) groups excluding carboxylic acids is 1. The molecule has 0 bridgehead atoms. The van der Waals surface area contributed by atoms with Gasteiger partial charge in [-0.15, -0.1) is 0 Å². The Labute approximate surface area is 99.4 Å². The van der Waals surface area contributed by atoms with Gasteiger partial charge in [0.2, 0.25) is 5.91 Å². The lowest BCUT2D eigenvalue weighted by molar-refractivity contribution is -0.114. The van der Waals surface area contributed by atoms with Crippen molar-refractivity contribution < 1.29 is 19.4 Å². The van der Waals surface area contributed by atoms with Crippen molar-refractivity contribution in [2.45, 2.75) is 26.9 Å². The Morgan fingerprint density at radius 2 is 2.00 bits per heavy atom. The second kappa shape index (κ2) is 5.34. The molecule has 0 aliphatic heterocycles. The van der Waals surface area contributed by atoms with Gasteiger partial charge < -0.3 is 15.2 Å². The molecule has 0 atom stereocenters. The van der Waals surface area contributed by atoms with E-state index >= 15 is 0 Å². The molecule has 0 spiro atoms. The molecular weight excluding hydrogens is 222 g/mol. The molecule has 0 unspecified atom stereocenters. The number of hydrogen-bond acceptors (Lipinski definition) is 3. The van der Waals surface area contributed by atoms with Crippen molar-refractivity contribution in [3.05, 3.63) is 23.8 Å². The van der Waals surface area contributed by atoms with Crippen LogP contribution >= 0.6 is 0 Å². The summed E-state index contributed by atoms with van der Waals surface area (Å²) in [5.74, 6) is -1.18. The highest BCUT2D eigenvalue weighted by atomic mass is 16.5. The van der Waals surface area contributed by atoms with Crippen LogP contribution < -0.4 is 10.1 Å². The smallest absolute Gasteiger partial charge is 0.339 e. The van der Waals surface area contributed by atoms with Gasteiger partial charge in [0.1, 0.15) is 5.56 Å². The molecule has 0 radical (unpaired) electrons. The van der Waals surface area contributed by atoms with Crippen LogP contribution in [-0.2, 0) is 4.79 Å². The van der Waals surface area contributed by atoms with Crippen molar-refractivity contribution in [3.8, 4) is 5.75 Å². The molecular formula is C12H15NO4. The molecule has 92 valence electrons. The maximum absolute atomic E-state index is 11.0. The van der Waals surface area contributed by atoms with Crippen LogP contribution in [0.4, 0.5) is 5.69 Å². The third-order valence-electron chi connectivity index (χ3n) is 1.91. The summed E-state index contributed by atoms with van der Waals surface area (Å²) in [6, 6.07) is 4.60. The van der Waals surface area contributed by atoms with Crippen LogP contribution in [0.1, 0.15) is 31.1 Å². The number of rotatable bonds is 4. The average Bonchev–Trinajstić information content (AvgIpc) is 2.18. The fourth-order valence-corrected chi connectivity index (χ4v) is 1.36. The molecule has 0 saturated heterocycles. The quantitative estimate of drug-likeness (QED) is 0.841. The predicted molar refractivity (Wildman–Crippen MR) is 63.5 cm³/mol. The molecule has 0 heterocycles. The molecule has 0 saturated carbocycles. The summed E-state index contributed by atoms with van der Waals surface area (Å²) in [5.41, 5.74) is 0.399. The largest absolute Gasteiger partial charge is 0.488 e. The van der Waals surface area contributed by atoms with Crippen molar-refractivity contribution in [2.75, 3.05) is 5.32 Å². The van der Waals surface area contributed by atoms with E-state index in [0.717, 1.165) is 0 Å². The topological polar surface area (TPSA) is 75.6 Å². The predicted octanol–water partition coefficient (Wildman–Crippen LogP) is 2.13. The van der Waals surface area contributed by atoms with Gasteiger partial charge in [-0.3, -0.25) is 4.79 Å². The lowest BCUT2D eigenvalue weighted by Crippen LogP contribution is -2.14. The number of amides is 1. The first-order valence-electron chi connectivity index (χ1n) is 5.22. The van der Waals surface area contributed by atoms with E-state index in [-0.39, 0.29) is 23.3 Å². The minimum absolute atomic E-state index is 0.0324. The molecule has 0 aliphatic rings. The van der Waals surface area contributed by atoms with Crippen LogP contribution in [-0.4, -0.2) is 23.1 Å². The van der Waals surface area contributed by atoms with E-state index in [2.05, 4.69) is 5.32 Å². The van der Waals surface area contributed by atoms with Gasteiger partial charge in [0.05, 0.1) is 11.8 Å². The Morgan fingerprint density at radius 1 is 1.35 bits per heavy atom. The average molecular weight is 237 g/mol. The number of nitrogens with one attached hydrogen (secondary N) is 1. The second-order valence-corrected chi connectivity index (χ2v) is 3.84. The highest BCUT2D eigenvalue weighted by Crippen LogP contribution is 2.30. The molecule has 17 heavy (non-hydrogen) atoms. The summed E-state index contributed by atoms with van der Waals surface area (Å²) in [6.07, 6.45) is -0.178. The Balaban J connectivity index is 3.23. The lowest BCUT2D eigenvalue weighted by atomic mass is 10.1. The highest BCUT2D eigenvalue weighted by molar-refractivity contribution is 5.97. The molecule has 1 aromatic rings. The number of aromatic carboxylic acids is 1. The standard InChI is InChI=1S/C12H15NO4/c1-7(2)17-11-9(12(15)16)5-4-6-10(11)13-8(3)14/h4-7H,1-3H3,(H,13,14)(H,15,16). The summed E-state index contributed by atoms with van der Waals surface area (Å²) in [6.45, 7) is 4.93. The Bertz CT molecular complexity index is 440. The SMILES string of the molecule is CC(=O)Nc1cccc(C(=O)O)c1OC(C)C. The van der Waals surface area contributed by atoms with Gasteiger partial charge in [-0.2, -0.15) is 0 Å². The van der Waals surface area contributed by atoms with Crippen molar-refractivity contribution in [1.29, 1.82) is 0 Å². The number of hydrogen-bond donors (Lipinski definition) is 2. The maximum Gasteiger partial charge on any atom is 0.339 e. The zero-order chi connectivity index (χ0) is 13.0. The summed E-state index contributed by atoms with van der Waals surface area (Å²) < 4.78 is 5.44. The fourth-order valence-electron chi connectivity index (χ4n) is 1.36. The zero-order valence-electron chi connectivity index (χ0n) is 9.98. The van der Waals surface area contributed by atoms with E-state index in [1.54, 1.807) is 26.0 Å². The number of carboxylic acid groups (broad SMARTS) is 1. The first-order valence-corrected chi connectivity index (χ1v) is 5.22. The van der Waals surface area contributed by atoms with Gasteiger partial charge >= 0.3 is 5.97 Å². The first kappa shape index (κ1) is 13.0. The van der Waals surface area contributed by atoms with E-state index < -0.39 is 5.97 Å². The van der Waals surface area contributed by atoms with E-state index in [0.29, 0.717) is 5.69 Å². The molecule has 5 heteroatoms.